The van der Waals surface area contributed by atoms with Gasteiger partial charge in [0.05, 0.1) is 6.10 Å². The molecule has 0 radical (unpaired) electrons. The maximum absolute atomic E-state index is 11.2. The third-order valence-corrected chi connectivity index (χ3v) is 1.88. The number of carbonyl (C=O) groups is 1. The van der Waals surface area contributed by atoms with E-state index < -0.39 is 6.04 Å². The molecule has 0 aromatic heterocycles. The minimum atomic E-state index is -0.475. The molecule has 0 aromatic carbocycles. The van der Waals surface area contributed by atoms with Gasteiger partial charge in [0.15, 0.2) is 0 Å². The van der Waals surface area contributed by atoms with Crippen LogP contribution in [0.1, 0.15) is 34.1 Å². The SMILES string of the molecule is CC[C@H](C)[C@H](N)C(=O)OC(C)C. The van der Waals surface area contributed by atoms with Gasteiger partial charge in [-0.3, -0.25) is 4.79 Å². The first-order valence-corrected chi connectivity index (χ1v) is 4.45. The highest BCUT2D eigenvalue weighted by molar-refractivity contribution is 5.75. The van der Waals surface area contributed by atoms with Gasteiger partial charge >= 0.3 is 5.97 Å². The number of rotatable bonds is 4. The van der Waals surface area contributed by atoms with Gasteiger partial charge in [-0.1, -0.05) is 20.3 Å². The molecule has 0 bridgehead atoms. The minimum absolute atomic E-state index is 0.0763. The van der Waals surface area contributed by atoms with Crippen molar-refractivity contribution in [2.75, 3.05) is 0 Å². The maximum Gasteiger partial charge on any atom is 0.323 e. The lowest BCUT2D eigenvalue weighted by molar-refractivity contribution is -0.150. The second-order valence-electron chi connectivity index (χ2n) is 3.40. The molecule has 0 heterocycles. The third-order valence-electron chi connectivity index (χ3n) is 1.88. The highest BCUT2D eigenvalue weighted by Crippen LogP contribution is 2.07. The van der Waals surface area contributed by atoms with Crippen LogP contribution in [0.4, 0.5) is 0 Å². The second-order valence-corrected chi connectivity index (χ2v) is 3.40. The number of esters is 1. The Morgan fingerprint density at radius 1 is 1.42 bits per heavy atom. The Bertz CT molecular complexity index is 145. The summed E-state index contributed by atoms with van der Waals surface area (Å²) in [6, 6.07) is -0.475. The Hall–Kier alpha value is -0.570. The first kappa shape index (κ1) is 11.4. The van der Waals surface area contributed by atoms with Gasteiger partial charge in [0.2, 0.25) is 0 Å². The average molecular weight is 173 g/mol. The van der Waals surface area contributed by atoms with Crippen LogP contribution in [0, 0.1) is 5.92 Å². The molecule has 0 saturated carbocycles. The van der Waals surface area contributed by atoms with Gasteiger partial charge in [-0.15, -0.1) is 0 Å². The summed E-state index contributed by atoms with van der Waals surface area (Å²) in [6.07, 6.45) is 0.821. The fourth-order valence-corrected chi connectivity index (χ4v) is 0.797. The van der Waals surface area contributed by atoms with Crippen molar-refractivity contribution in [2.24, 2.45) is 11.7 Å². The van der Waals surface area contributed by atoms with Gasteiger partial charge in [0.25, 0.3) is 0 Å². The van der Waals surface area contributed by atoms with E-state index in [-0.39, 0.29) is 18.0 Å². The van der Waals surface area contributed by atoms with E-state index in [1.165, 1.54) is 0 Å². The van der Waals surface area contributed by atoms with Crippen LogP contribution in [0.5, 0.6) is 0 Å². The maximum atomic E-state index is 11.2. The Labute approximate surface area is 74.3 Å². The van der Waals surface area contributed by atoms with Crippen LogP contribution < -0.4 is 5.73 Å². The quantitative estimate of drug-likeness (QED) is 0.652. The van der Waals surface area contributed by atoms with E-state index in [2.05, 4.69) is 0 Å². The van der Waals surface area contributed by atoms with E-state index in [0.717, 1.165) is 6.42 Å². The third kappa shape index (κ3) is 3.72. The molecule has 3 nitrogen and oxygen atoms in total. The molecule has 0 unspecified atom stereocenters. The summed E-state index contributed by atoms with van der Waals surface area (Å²) in [6.45, 7) is 7.60. The Kier molecular flexibility index (Phi) is 4.90. The van der Waals surface area contributed by atoms with Crippen molar-refractivity contribution in [3.63, 3.8) is 0 Å². The van der Waals surface area contributed by atoms with Crippen molar-refractivity contribution in [1.29, 1.82) is 0 Å². The van der Waals surface area contributed by atoms with E-state index in [1.54, 1.807) is 0 Å². The average Bonchev–Trinajstić information content (AvgIpc) is 2.00. The predicted molar refractivity (Wildman–Crippen MR) is 48.7 cm³/mol. The topological polar surface area (TPSA) is 52.3 Å². The minimum Gasteiger partial charge on any atom is -0.462 e. The second kappa shape index (κ2) is 5.14. The predicted octanol–water partition coefficient (Wildman–Crippen LogP) is 1.31. The Balaban J connectivity index is 3.92. The van der Waals surface area contributed by atoms with Gasteiger partial charge in [0.1, 0.15) is 6.04 Å². The fourth-order valence-electron chi connectivity index (χ4n) is 0.797. The first-order valence-electron chi connectivity index (χ1n) is 4.45. The molecule has 0 aliphatic heterocycles. The normalized spacial score (nSPS) is 15.8. The van der Waals surface area contributed by atoms with Gasteiger partial charge in [-0.05, 0) is 19.8 Å². The van der Waals surface area contributed by atoms with E-state index in [4.69, 9.17) is 10.5 Å². The molecule has 72 valence electrons. The van der Waals surface area contributed by atoms with Crippen molar-refractivity contribution >= 4 is 5.97 Å². The summed E-state index contributed by atoms with van der Waals surface area (Å²) < 4.78 is 4.97. The zero-order valence-corrected chi connectivity index (χ0v) is 8.33. The summed E-state index contributed by atoms with van der Waals surface area (Å²) in [5.41, 5.74) is 5.64. The monoisotopic (exact) mass is 173 g/mol. The van der Waals surface area contributed by atoms with Crippen molar-refractivity contribution < 1.29 is 9.53 Å². The molecule has 0 aliphatic carbocycles. The van der Waals surface area contributed by atoms with Gasteiger partial charge in [0, 0.05) is 0 Å². The van der Waals surface area contributed by atoms with E-state index in [1.807, 2.05) is 27.7 Å². The Morgan fingerprint density at radius 2 is 1.92 bits per heavy atom. The number of nitrogens with two attached hydrogens (primary N) is 1. The smallest absolute Gasteiger partial charge is 0.323 e. The highest BCUT2D eigenvalue weighted by Gasteiger charge is 2.21. The standard InChI is InChI=1S/C9H19NO2/c1-5-7(4)8(10)9(11)12-6(2)3/h6-8H,5,10H2,1-4H3/t7-,8-/m0/s1. The van der Waals surface area contributed by atoms with Crippen LogP contribution in [0.3, 0.4) is 0 Å². The van der Waals surface area contributed by atoms with Crippen LogP contribution in [-0.4, -0.2) is 18.1 Å². The zero-order chi connectivity index (χ0) is 9.72. The van der Waals surface area contributed by atoms with Crippen molar-refractivity contribution in [1.82, 2.24) is 0 Å². The lowest BCUT2D eigenvalue weighted by atomic mass is 10.0. The molecule has 12 heavy (non-hydrogen) atoms. The zero-order valence-electron chi connectivity index (χ0n) is 8.33. The number of hydrogen-bond donors (Lipinski definition) is 1. The van der Waals surface area contributed by atoms with E-state index >= 15 is 0 Å². The summed E-state index contributed by atoms with van der Waals surface area (Å²) in [4.78, 5) is 11.2. The molecular formula is C9H19NO2. The number of carbonyl (C=O) groups excluding carboxylic acids is 1. The summed E-state index contributed by atoms with van der Waals surface area (Å²) in [5, 5.41) is 0. The van der Waals surface area contributed by atoms with Crippen LogP contribution >= 0.6 is 0 Å². The molecule has 0 fully saturated rings. The number of hydrogen-bond acceptors (Lipinski definition) is 3. The van der Waals surface area contributed by atoms with Crippen molar-refractivity contribution in [3.05, 3.63) is 0 Å². The van der Waals surface area contributed by atoms with E-state index in [9.17, 15) is 4.79 Å². The van der Waals surface area contributed by atoms with Crippen molar-refractivity contribution in [2.45, 2.75) is 46.3 Å². The fraction of sp³-hybridized carbons (Fsp3) is 0.889. The lowest BCUT2D eigenvalue weighted by Gasteiger charge is -2.18. The Morgan fingerprint density at radius 3 is 2.25 bits per heavy atom. The molecule has 0 rings (SSSR count). The largest absolute Gasteiger partial charge is 0.462 e. The lowest BCUT2D eigenvalue weighted by Crippen LogP contribution is -2.39. The molecular weight excluding hydrogens is 154 g/mol. The summed E-state index contributed by atoms with van der Waals surface area (Å²) in [5.74, 6) is -0.101. The van der Waals surface area contributed by atoms with Crippen LogP contribution in [-0.2, 0) is 9.53 Å². The van der Waals surface area contributed by atoms with Gasteiger partial charge in [-0.25, -0.2) is 0 Å². The van der Waals surface area contributed by atoms with Crippen molar-refractivity contribution in [3.8, 4) is 0 Å². The number of ether oxygens (including phenoxy) is 1. The van der Waals surface area contributed by atoms with Gasteiger partial charge in [-0.2, -0.15) is 0 Å². The van der Waals surface area contributed by atoms with Gasteiger partial charge < -0.3 is 10.5 Å². The molecule has 0 spiro atoms. The summed E-state index contributed by atoms with van der Waals surface area (Å²) in [7, 11) is 0. The molecule has 2 atom stereocenters. The molecule has 0 saturated heterocycles. The molecule has 0 aromatic rings. The first-order chi connectivity index (χ1) is 5.49. The van der Waals surface area contributed by atoms with Crippen LogP contribution in [0.15, 0.2) is 0 Å². The molecule has 2 N–H and O–H groups in total. The molecule has 3 heteroatoms. The highest BCUT2D eigenvalue weighted by atomic mass is 16.5. The molecule has 0 amide bonds. The summed E-state index contributed by atoms with van der Waals surface area (Å²) >= 11 is 0. The molecule has 0 aliphatic rings. The van der Waals surface area contributed by atoms with E-state index in [0.29, 0.717) is 0 Å². The van der Waals surface area contributed by atoms with Crippen LogP contribution in [0.25, 0.3) is 0 Å². The van der Waals surface area contributed by atoms with Crippen LogP contribution in [0.2, 0.25) is 0 Å².